The molecule has 1 saturated carbocycles. The molecule has 0 bridgehead atoms. The van der Waals surface area contributed by atoms with Crippen LogP contribution >= 0.6 is 11.6 Å². The lowest BCUT2D eigenvalue weighted by Crippen LogP contribution is -2.36. The summed E-state index contributed by atoms with van der Waals surface area (Å²) in [7, 11) is 1.77. The number of hydrogen-bond donors (Lipinski definition) is 1. The summed E-state index contributed by atoms with van der Waals surface area (Å²) in [4.78, 5) is 0. The Morgan fingerprint density at radius 2 is 2.00 bits per heavy atom. The average molecular weight is 254 g/mol. The highest BCUT2D eigenvalue weighted by Crippen LogP contribution is 2.33. The van der Waals surface area contributed by atoms with Gasteiger partial charge in [0.05, 0.1) is 6.61 Å². The van der Waals surface area contributed by atoms with E-state index in [9.17, 15) is 0 Å². The molecule has 0 radical (unpaired) electrons. The summed E-state index contributed by atoms with van der Waals surface area (Å²) in [6.07, 6.45) is 2.66. The van der Waals surface area contributed by atoms with Crippen molar-refractivity contribution in [3.05, 3.63) is 34.9 Å². The monoisotopic (exact) mass is 253 g/mol. The van der Waals surface area contributed by atoms with Crippen LogP contribution in [0, 0.1) is 5.92 Å². The number of nitrogens with one attached hydrogen (secondary N) is 1. The number of halogens is 1. The third-order valence-electron chi connectivity index (χ3n) is 3.37. The van der Waals surface area contributed by atoms with E-state index in [1.807, 2.05) is 12.1 Å². The van der Waals surface area contributed by atoms with Gasteiger partial charge in [0.1, 0.15) is 0 Å². The smallest absolute Gasteiger partial charge is 0.0618 e. The van der Waals surface area contributed by atoms with Crippen LogP contribution in [0.1, 0.15) is 31.4 Å². The van der Waals surface area contributed by atoms with Gasteiger partial charge in [-0.05, 0) is 43.4 Å². The minimum absolute atomic E-state index is 0.341. The Morgan fingerprint density at radius 3 is 2.53 bits per heavy atom. The van der Waals surface area contributed by atoms with Crippen LogP contribution in [0.25, 0.3) is 0 Å². The molecule has 0 spiro atoms. The first-order valence-corrected chi connectivity index (χ1v) is 6.59. The van der Waals surface area contributed by atoms with Crippen molar-refractivity contribution in [3.63, 3.8) is 0 Å². The Kier molecular flexibility index (Phi) is 4.43. The molecule has 2 nitrogen and oxygen atoms in total. The Hall–Kier alpha value is -0.570. The van der Waals surface area contributed by atoms with Gasteiger partial charge in [-0.3, -0.25) is 0 Å². The molecule has 1 unspecified atom stereocenters. The van der Waals surface area contributed by atoms with Gasteiger partial charge in [-0.25, -0.2) is 0 Å². The largest absolute Gasteiger partial charge is 0.383 e. The van der Waals surface area contributed by atoms with Crippen LogP contribution in [0.5, 0.6) is 0 Å². The zero-order chi connectivity index (χ0) is 12.3. The van der Waals surface area contributed by atoms with Crippen LogP contribution in [0.2, 0.25) is 5.02 Å². The van der Waals surface area contributed by atoms with Crippen molar-refractivity contribution in [1.82, 2.24) is 5.32 Å². The molecule has 0 aromatic heterocycles. The molecule has 1 aromatic carbocycles. The maximum absolute atomic E-state index is 5.89. The highest BCUT2D eigenvalue weighted by Gasteiger charge is 2.31. The first kappa shape index (κ1) is 12.9. The molecule has 1 aliphatic carbocycles. The van der Waals surface area contributed by atoms with Crippen molar-refractivity contribution < 1.29 is 4.74 Å². The van der Waals surface area contributed by atoms with Crippen LogP contribution in [0.3, 0.4) is 0 Å². The zero-order valence-corrected chi connectivity index (χ0v) is 11.2. The maximum atomic E-state index is 5.89. The molecule has 1 aromatic rings. The van der Waals surface area contributed by atoms with Crippen LogP contribution in [0.15, 0.2) is 24.3 Å². The fourth-order valence-electron chi connectivity index (χ4n) is 2.17. The predicted octanol–water partition coefficient (Wildman–Crippen LogP) is 3.42. The van der Waals surface area contributed by atoms with E-state index in [4.69, 9.17) is 16.3 Å². The van der Waals surface area contributed by atoms with Crippen LogP contribution < -0.4 is 5.32 Å². The van der Waals surface area contributed by atoms with Gasteiger partial charge in [0.25, 0.3) is 0 Å². The van der Waals surface area contributed by atoms with E-state index >= 15 is 0 Å². The molecule has 2 rings (SSSR count). The molecule has 1 N–H and O–H groups in total. The predicted molar refractivity (Wildman–Crippen MR) is 71.4 cm³/mol. The van der Waals surface area contributed by atoms with Gasteiger partial charge in [-0.1, -0.05) is 23.7 Å². The second kappa shape index (κ2) is 5.85. The third kappa shape index (κ3) is 3.70. The minimum atomic E-state index is 0.341. The van der Waals surface area contributed by atoms with Crippen molar-refractivity contribution in [1.29, 1.82) is 0 Å². The van der Waals surface area contributed by atoms with Crippen molar-refractivity contribution in [2.45, 2.75) is 31.8 Å². The van der Waals surface area contributed by atoms with Crippen molar-refractivity contribution in [2.24, 2.45) is 5.92 Å². The Balaban J connectivity index is 1.94. The van der Waals surface area contributed by atoms with Gasteiger partial charge < -0.3 is 10.1 Å². The van der Waals surface area contributed by atoms with Gasteiger partial charge in [0.15, 0.2) is 0 Å². The summed E-state index contributed by atoms with van der Waals surface area (Å²) in [5, 5.41) is 4.44. The molecule has 2 atom stereocenters. The third-order valence-corrected chi connectivity index (χ3v) is 3.62. The topological polar surface area (TPSA) is 21.3 Å². The summed E-state index contributed by atoms with van der Waals surface area (Å²) in [6, 6.07) is 8.86. The number of rotatable bonds is 6. The fourth-order valence-corrected chi connectivity index (χ4v) is 2.29. The summed E-state index contributed by atoms with van der Waals surface area (Å²) in [5.74, 6) is 0.796. The Labute approximate surface area is 108 Å². The van der Waals surface area contributed by atoms with Gasteiger partial charge in [-0.15, -0.1) is 0 Å². The van der Waals surface area contributed by atoms with Crippen molar-refractivity contribution >= 4 is 11.6 Å². The first-order valence-electron chi connectivity index (χ1n) is 6.21. The lowest BCUT2D eigenvalue weighted by atomic mass is 10.1. The fraction of sp³-hybridized carbons (Fsp3) is 0.571. The molecule has 0 saturated heterocycles. The molecule has 3 heteroatoms. The minimum Gasteiger partial charge on any atom is -0.383 e. The van der Waals surface area contributed by atoms with E-state index in [-0.39, 0.29) is 0 Å². The molecule has 1 fully saturated rings. The molecule has 17 heavy (non-hydrogen) atoms. The lowest BCUT2D eigenvalue weighted by Gasteiger charge is -2.23. The summed E-state index contributed by atoms with van der Waals surface area (Å²) in [6.45, 7) is 2.98. The van der Waals surface area contributed by atoms with Gasteiger partial charge >= 0.3 is 0 Å². The van der Waals surface area contributed by atoms with E-state index in [0.29, 0.717) is 12.1 Å². The molecule has 0 aliphatic heterocycles. The Morgan fingerprint density at radius 1 is 1.35 bits per heavy atom. The molecular weight excluding hydrogens is 234 g/mol. The standard InChI is InChI=1S/C14H20ClNO/c1-10(11-5-7-13(15)8-6-11)16-14(9-17-2)12-3-4-12/h5-8,10,12,14,16H,3-4,9H2,1-2H3/t10-,14?/m0/s1. The molecular formula is C14H20ClNO. The number of benzene rings is 1. The number of methoxy groups -OCH3 is 1. The molecule has 0 heterocycles. The van der Waals surface area contributed by atoms with E-state index in [1.54, 1.807) is 7.11 Å². The van der Waals surface area contributed by atoms with Gasteiger partial charge in [0.2, 0.25) is 0 Å². The molecule has 0 amide bonds. The van der Waals surface area contributed by atoms with Crippen LogP contribution in [-0.4, -0.2) is 19.8 Å². The van der Waals surface area contributed by atoms with Gasteiger partial charge in [-0.2, -0.15) is 0 Å². The maximum Gasteiger partial charge on any atom is 0.0618 e. The van der Waals surface area contributed by atoms with E-state index in [1.165, 1.54) is 18.4 Å². The van der Waals surface area contributed by atoms with E-state index < -0.39 is 0 Å². The summed E-state index contributed by atoms with van der Waals surface area (Å²) >= 11 is 5.89. The SMILES string of the molecule is COCC(N[C@@H](C)c1ccc(Cl)cc1)C1CC1. The second-order valence-electron chi connectivity index (χ2n) is 4.84. The quantitative estimate of drug-likeness (QED) is 0.839. The van der Waals surface area contributed by atoms with Crippen molar-refractivity contribution in [2.75, 3.05) is 13.7 Å². The second-order valence-corrected chi connectivity index (χ2v) is 5.28. The number of hydrogen-bond acceptors (Lipinski definition) is 2. The highest BCUT2D eigenvalue weighted by atomic mass is 35.5. The first-order chi connectivity index (χ1) is 8.20. The molecule has 94 valence electrons. The summed E-state index contributed by atoms with van der Waals surface area (Å²) in [5.41, 5.74) is 1.27. The Bertz CT molecular complexity index is 348. The highest BCUT2D eigenvalue weighted by molar-refractivity contribution is 6.30. The van der Waals surface area contributed by atoms with E-state index in [2.05, 4.69) is 24.4 Å². The zero-order valence-electron chi connectivity index (χ0n) is 10.4. The van der Waals surface area contributed by atoms with Crippen LogP contribution in [0.4, 0.5) is 0 Å². The normalized spacial score (nSPS) is 19.0. The van der Waals surface area contributed by atoms with E-state index in [0.717, 1.165) is 17.5 Å². The molecule has 1 aliphatic rings. The van der Waals surface area contributed by atoms with Gasteiger partial charge in [0, 0.05) is 24.2 Å². The summed E-state index contributed by atoms with van der Waals surface area (Å²) < 4.78 is 5.28. The lowest BCUT2D eigenvalue weighted by molar-refractivity contribution is 0.152. The number of ether oxygens (including phenoxy) is 1. The van der Waals surface area contributed by atoms with Crippen LogP contribution in [-0.2, 0) is 4.74 Å². The van der Waals surface area contributed by atoms with Crippen molar-refractivity contribution in [3.8, 4) is 0 Å². The average Bonchev–Trinajstić information content (AvgIpc) is 3.13.